The molecule has 0 radical (unpaired) electrons. The first-order valence-electron chi connectivity index (χ1n) is 4.76. The highest BCUT2D eigenvalue weighted by Crippen LogP contribution is 2.28. The van der Waals surface area contributed by atoms with Gasteiger partial charge < -0.3 is 10.8 Å². The summed E-state index contributed by atoms with van der Waals surface area (Å²) in [6, 6.07) is 4.76. The van der Waals surface area contributed by atoms with Crippen LogP contribution in [0, 0.1) is 0 Å². The molecule has 5 heteroatoms. The molecule has 1 unspecified atom stereocenters. The average Bonchev–Trinajstić information content (AvgIpc) is 2.15. The van der Waals surface area contributed by atoms with Gasteiger partial charge in [-0.15, -0.1) is 0 Å². The molecule has 0 fully saturated rings. The van der Waals surface area contributed by atoms with E-state index in [0.717, 1.165) is 6.92 Å². The van der Waals surface area contributed by atoms with Crippen molar-refractivity contribution in [2.24, 2.45) is 5.73 Å². The van der Waals surface area contributed by atoms with Crippen LogP contribution in [-0.4, -0.2) is 11.1 Å². The van der Waals surface area contributed by atoms with Crippen molar-refractivity contribution in [3.05, 3.63) is 35.4 Å². The molecule has 1 aromatic rings. The van der Waals surface area contributed by atoms with Gasteiger partial charge in [0.1, 0.15) is 0 Å². The standard InChI is InChI=1S/C11H13F2NO2/c1-11(12,13)8-4-2-3-7(5-8)9(14)6-10(15)16/h2-5,9H,6,14H2,1H3,(H,15,16). The number of carboxylic acid groups (broad SMARTS) is 1. The highest BCUT2D eigenvalue weighted by atomic mass is 19.3. The Morgan fingerprint density at radius 3 is 2.69 bits per heavy atom. The Balaban J connectivity index is 2.94. The second-order valence-electron chi connectivity index (χ2n) is 3.72. The fraction of sp³-hybridized carbons (Fsp3) is 0.364. The number of rotatable bonds is 4. The van der Waals surface area contributed by atoms with Gasteiger partial charge in [0.25, 0.3) is 5.92 Å². The van der Waals surface area contributed by atoms with Gasteiger partial charge in [-0.3, -0.25) is 4.79 Å². The van der Waals surface area contributed by atoms with E-state index >= 15 is 0 Å². The van der Waals surface area contributed by atoms with E-state index in [4.69, 9.17) is 10.8 Å². The molecule has 0 aliphatic rings. The summed E-state index contributed by atoms with van der Waals surface area (Å²) in [5.41, 5.74) is 5.83. The highest BCUT2D eigenvalue weighted by molar-refractivity contribution is 5.67. The van der Waals surface area contributed by atoms with Crippen molar-refractivity contribution in [3.8, 4) is 0 Å². The second-order valence-corrected chi connectivity index (χ2v) is 3.72. The SMILES string of the molecule is CC(F)(F)c1cccc(C(N)CC(=O)O)c1. The first-order valence-corrected chi connectivity index (χ1v) is 4.76. The molecule has 0 aromatic heterocycles. The summed E-state index contributed by atoms with van der Waals surface area (Å²) in [6.45, 7) is 0.787. The fourth-order valence-electron chi connectivity index (χ4n) is 1.35. The van der Waals surface area contributed by atoms with Crippen LogP contribution >= 0.6 is 0 Å². The average molecular weight is 229 g/mol. The van der Waals surface area contributed by atoms with Crippen molar-refractivity contribution < 1.29 is 18.7 Å². The number of carbonyl (C=O) groups is 1. The highest BCUT2D eigenvalue weighted by Gasteiger charge is 2.25. The van der Waals surface area contributed by atoms with Crippen LogP contribution in [-0.2, 0) is 10.7 Å². The van der Waals surface area contributed by atoms with E-state index in [-0.39, 0.29) is 12.0 Å². The van der Waals surface area contributed by atoms with Crippen LogP contribution in [0.5, 0.6) is 0 Å². The predicted molar refractivity (Wildman–Crippen MR) is 55.2 cm³/mol. The molecule has 0 amide bonds. The fourth-order valence-corrected chi connectivity index (χ4v) is 1.35. The maximum absolute atomic E-state index is 13.0. The number of hydrogen-bond donors (Lipinski definition) is 2. The van der Waals surface area contributed by atoms with Crippen LogP contribution in [0.3, 0.4) is 0 Å². The molecule has 0 saturated heterocycles. The summed E-state index contributed by atoms with van der Waals surface area (Å²) in [7, 11) is 0. The molecule has 3 N–H and O–H groups in total. The molecule has 16 heavy (non-hydrogen) atoms. The van der Waals surface area contributed by atoms with Crippen LogP contribution in [0.1, 0.15) is 30.5 Å². The van der Waals surface area contributed by atoms with Gasteiger partial charge in [-0.2, -0.15) is 0 Å². The van der Waals surface area contributed by atoms with Crippen molar-refractivity contribution in [1.29, 1.82) is 0 Å². The van der Waals surface area contributed by atoms with E-state index < -0.39 is 17.9 Å². The van der Waals surface area contributed by atoms with Crippen molar-refractivity contribution in [3.63, 3.8) is 0 Å². The molecule has 0 bridgehead atoms. The first-order chi connectivity index (χ1) is 7.30. The van der Waals surface area contributed by atoms with Crippen molar-refractivity contribution >= 4 is 5.97 Å². The maximum Gasteiger partial charge on any atom is 0.305 e. The number of aliphatic carboxylic acids is 1. The third-order valence-corrected chi connectivity index (χ3v) is 2.22. The van der Waals surface area contributed by atoms with Crippen LogP contribution in [0.15, 0.2) is 24.3 Å². The summed E-state index contributed by atoms with van der Waals surface area (Å²) in [5.74, 6) is -4.00. The Bertz CT molecular complexity index is 388. The Morgan fingerprint density at radius 2 is 2.19 bits per heavy atom. The van der Waals surface area contributed by atoms with E-state index in [1.807, 2.05) is 0 Å². The lowest BCUT2D eigenvalue weighted by Crippen LogP contribution is -2.16. The van der Waals surface area contributed by atoms with E-state index in [1.165, 1.54) is 18.2 Å². The van der Waals surface area contributed by atoms with Crippen molar-refractivity contribution in [2.75, 3.05) is 0 Å². The number of halogens is 2. The predicted octanol–water partition coefficient (Wildman–Crippen LogP) is 2.27. The van der Waals surface area contributed by atoms with Crippen LogP contribution < -0.4 is 5.73 Å². The summed E-state index contributed by atoms with van der Waals surface area (Å²) in [4.78, 5) is 10.4. The van der Waals surface area contributed by atoms with Crippen LogP contribution in [0.4, 0.5) is 8.78 Å². The van der Waals surface area contributed by atoms with Gasteiger partial charge in [-0.05, 0) is 11.6 Å². The van der Waals surface area contributed by atoms with Gasteiger partial charge in [-0.1, -0.05) is 18.2 Å². The molecular formula is C11H13F2NO2. The van der Waals surface area contributed by atoms with E-state index in [2.05, 4.69) is 0 Å². The Labute approximate surface area is 91.9 Å². The lowest BCUT2D eigenvalue weighted by atomic mass is 10.00. The summed E-state index contributed by atoms with van der Waals surface area (Å²) < 4.78 is 26.0. The zero-order valence-corrected chi connectivity index (χ0v) is 8.78. The van der Waals surface area contributed by atoms with Gasteiger partial charge >= 0.3 is 5.97 Å². The summed E-state index contributed by atoms with van der Waals surface area (Å²) in [5, 5.41) is 8.55. The van der Waals surface area contributed by atoms with E-state index in [9.17, 15) is 13.6 Å². The zero-order valence-electron chi connectivity index (χ0n) is 8.78. The number of benzene rings is 1. The topological polar surface area (TPSA) is 63.3 Å². The lowest BCUT2D eigenvalue weighted by molar-refractivity contribution is -0.137. The van der Waals surface area contributed by atoms with Gasteiger partial charge in [0.15, 0.2) is 0 Å². The van der Waals surface area contributed by atoms with Crippen LogP contribution in [0.25, 0.3) is 0 Å². The molecule has 0 aliphatic heterocycles. The molecular weight excluding hydrogens is 216 g/mol. The lowest BCUT2D eigenvalue weighted by Gasteiger charge is -2.14. The largest absolute Gasteiger partial charge is 0.481 e. The number of alkyl halides is 2. The van der Waals surface area contributed by atoms with Gasteiger partial charge in [0.05, 0.1) is 6.42 Å². The minimum atomic E-state index is -2.95. The first kappa shape index (κ1) is 12.6. The Hall–Kier alpha value is -1.49. The maximum atomic E-state index is 13.0. The minimum Gasteiger partial charge on any atom is -0.481 e. The van der Waals surface area contributed by atoms with Crippen molar-refractivity contribution in [2.45, 2.75) is 25.3 Å². The normalized spacial score (nSPS) is 13.5. The smallest absolute Gasteiger partial charge is 0.305 e. The van der Waals surface area contributed by atoms with Gasteiger partial charge in [0, 0.05) is 18.5 Å². The van der Waals surface area contributed by atoms with E-state index in [0.29, 0.717) is 5.56 Å². The Kier molecular flexibility index (Phi) is 3.59. The zero-order chi connectivity index (χ0) is 12.3. The number of hydrogen-bond acceptors (Lipinski definition) is 2. The quantitative estimate of drug-likeness (QED) is 0.832. The van der Waals surface area contributed by atoms with E-state index in [1.54, 1.807) is 6.07 Å². The summed E-state index contributed by atoms with van der Waals surface area (Å²) in [6.07, 6.45) is -0.279. The number of nitrogens with two attached hydrogens (primary N) is 1. The molecule has 1 atom stereocenters. The summed E-state index contributed by atoms with van der Waals surface area (Å²) >= 11 is 0. The second kappa shape index (κ2) is 4.57. The van der Waals surface area contributed by atoms with Gasteiger partial charge in [0.2, 0.25) is 0 Å². The monoisotopic (exact) mass is 229 g/mol. The molecule has 88 valence electrons. The molecule has 0 spiro atoms. The van der Waals surface area contributed by atoms with Crippen molar-refractivity contribution in [1.82, 2.24) is 0 Å². The molecule has 0 aliphatic carbocycles. The van der Waals surface area contributed by atoms with Gasteiger partial charge in [-0.25, -0.2) is 8.78 Å². The molecule has 1 rings (SSSR count). The number of carboxylic acids is 1. The Morgan fingerprint density at radius 1 is 1.56 bits per heavy atom. The third kappa shape index (κ3) is 3.27. The van der Waals surface area contributed by atoms with Crippen LogP contribution in [0.2, 0.25) is 0 Å². The third-order valence-electron chi connectivity index (χ3n) is 2.22. The molecule has 0 saturated carbocycles. The molecule has 3 nitrogen and oxygen atoms in total. The minimum absolute atomic E-state index is 0.161. The molecule has 1 aromatic carbocycles. The molecule has 0 heterocycles.